The minimum atomic E-state index is -1.19. The molecule has 1 heterocycles. The van der Waals surface area contributed by atoms with Gasteiger partial charge in [0.1, 0.15) is 17.3 Å². The first-order chi connectivity index (χ1) is 11.4. The molecule has 1 aromatic heterocycles. The maximum absolute atomic E-state index is 13.0. The Morgan fingerprint density at radius 1 is 1.20 bits per heavy atom. The zero-order chi connectivity index (χ0) is 17.7. The molecule has 2 aromatic rings. The first-order valence-corrected chi connectivity index (χ1v) is 6.63. The zero-order valence-electron chi connectivity index (χ0n) is 12.4. The second kappa shape index (κ2) is 9.21. The molecular formula is C15H13F2N4NaO3. The van der Waals surface area contributed by atoms with Crippen LogP contribution in [0.4, 0.5) is 19.3 Å². The Balaban J connectivity index is 0.00000312. The van der Waals surface area contributed by atoms with Gasteiger partial charge in [0.25, 0.3) is 0 Å². The third-order valence-corrected chi connectivity index (χ3v) is 2.83. The van der Waals surface area contributed by atoms with Crippen LogP contribution in [0.3, 0.4) is 0 Å². The first-order valence-electron chi connectivity index (χ1n) is 6.63. The Labute approximate surface area is 163 Å². The fraction of sp³-hybridized carbons (Fsp3) is 0.0667. The molecule has 3 N–H and O–H groups in total. The molecule has 0 aliphatic heterocycles. The number of aromatic carboxylic acids is 1. The van der Waals surface area contributed by atoms with Gasteiger partial charge in [-0.1, -0.05) is 0 Å². The Hall–Kier alpha value is -2.36. The summed E-state index contributed by atoms with van der Waals surface area (Å²) in [4.78, 5) is 26.7. The number of pyridine rings is 1. The molecular weight excluding hydrogens is 345 g/mol. The topological polar surface area (TPSA) is 104 Å². The van der Waals surface area contributed by atoms with E-state index in [1.54, 1.807) is 0 Å². The molecule has 0 saturated carbocycles. The number of urea groups is 1. The summed E-state index contributed by atoms with van der Waals surface area (Å²) >= 11 is 0. The summed E-state index contributed by atoms with van der Waals surface area (Å²) in [5.74, 6) is -2.87. The van der Waals surface area contributed by atoms with Crippen molar-refractivity contribution in [1.29, 1.82) is 0 Å². The molecule has 1 aromatic carbocycles. The van der Waals surface area contributed by atoms with Crippen molar-refractivity contribution in [1.82, 2.24) is 10.4 Å². The molecule has 2 rings (SSSR count). The number of hydrazone groups is 1. The molecule has 0 atom stereocenters. The molecule has 2 amide bonds. The molecule has 126 valence electrons. The van der Waals surface area contributed by atoms with Crippen molar-refractivity contribution in [3.8, 4) is 0 Å². The van der Waals surface area contributed by atoms with Crippen LogP contribution in [0, 0.1) is 11.6 Å². The van der Waals surface area contributed by atoms with Crippen molar-refractivity contribution in [3.05, 3.63) is 59.4 Å². The number of halogens is 2. The third-order valence-electron chi connectivity index (χ3n) is 2.83. The molecule has 0 fully saturated rings. The monoisotopic (exact) mass is 358 g/mol. The second-order valence-corrected chi connectivity index (χ2v) is 4.63. The summed E-state index contributed by atoms with van der Waals surface area (Å²) in [5.41, 5.74) is 2.16. The van der Waals surface area contributed by atoms with Crippen LogP contribution in [0.25, 0.3) is 0 Å². The number of nitrogens with one attached hydrogen (secondary N) is 2. The number of benzene rings is 1. The van der Waals surface area contributed by atoms with E-state index >= 15 is 0 Å². The van der Waals surface area contributed by atoms with Gasteiger partial charge in [-0.3, -0.25) is 4.98 Å². The average Bonchev–Trinajstić information content (AvgIpc) is 2.51. The van der Waals surface area contributed by atoms with Gasteiger partial charge in [0.05, 0.1) is 11.3 Å². The molecule has 0 bridgehead atoms. The van der Waals surface area contributed by atoms with Crippen LogP contribution in [0.2, 0.25) is 0 Å². The van der Waals surface area contributed by atoms with E-state index in [1.807, 2.05) is 0 Å². The van der Waals surface area contributed by atoms with Gasteiger partial charge in [0, 0.05) is 18.0 Å². The van der Waals surface area contributed by atoms with Crippen LogP contribution in [0.1, 0.15) is 23.0 Å². The van der Waals surface area contributed by atoms with Crippen LogP contribution in [-0.2, 0) is 0 Å². The molecule has 0 saturated heterocycles. The SMILES string of the molecule is CC(=NNC(=O)Nc1cc(F)cc(F)c1)c1ncccc1C(=O)O.[NaH]. The van der Waals surface area contributed by atoms with Gasteiger partial charge in [0.15, 0.2) is 0 Å². The summed E-state index contributed by atoms with van der Waals surface area (Å²) in [6, 6.07) is 4.48. The summed E-state index contributed by atoms with van der Waals surface area (Å²) < 4.78 is 26.1. The van der Waals surface area contributed by atoms with Crippen LogP contribution in [0.5, 0.6) is 0 Å². The van der Waals surface area contributed by atoms with Gasteiger partial charge in [-0.25, -0.2) is 23.8 Å². The van der Waals surface area contributed by atoms with Gasteiger partial charge < -0.3 is 10.4 Å². The molecule has 0 aliphatic carbocycles. The fourth-order valence-corrected chi connectivity index (χ4v) is 1.84. The van der Waals surface area contributed by atoms with E-state index in [-0.39, 0.29) is 52.2 Å². The number of carbonyl (C=O) groups is 2. The van der Waals surface area contributed by atoms with Gasteiger partial charge in [0.2, 0.25) is 0 Å². The number of rotatable bonds is 4. The van der Waals surface area contributed by atoms with Crippen molar-refractivity contribution in [3.63, 3.8) is 0 Å². The Morgan fingerprint density at radius 3 is 2.44 bits per heavy atom. The van der Waals surface area contributed by atoms with Crippen LogP contribution in [0.15, 0.2) is 41.6 Å². The van der Waals surface area contributed by atoms with E-state index in [0.717, 1.165) is 12.1 Å². The third kappa shape index (κ3) is 5.89. The Kier molecular flexibility index (Phi) is 7.62. The van der Waals surface area contributed by atoms with Crippen LogP contribution >= 0.6 is 0 Å². The van der Waals surface area contributed by atoms with Gasteiger partial charge in [-0.05, 0) is 31.2 Å². The second-order valence-electron chi connectivity index (χ2n) is 4.63. The summed E-state index contributed by atoms with van der Waals surface area (Å²) in [5, 5.41) is 15.0. The summed E-state index contributed by atoms with van der Waals surface area (Å²) in [7, 11) is 0. The number of anilines is 1. The fourth-order valence-electron chi connectivity index (χ4n) is 1.84. The van der Waals surface area contributed by atoms with E-state index in [0.29, 0.717) is 6.07 Å². The van der Waals surface area contributed by atoms with E-state index in [9.17, 15) is 18.4 Å². The van der Waals surface area contributed by atoms with Gasteiger partial charge in [-0.15, -0.1) is 0 Å². The average molecular weight is 358 g/mol. The molecule has 0 spiro atoms. The Bertz CT molecular complexity index is 810. The van der Waals surface area contributed by atoms with E-state index in [4.69, 9.17) is 5.11 Å². The van der Waals surface area contributed by atoms with Crippen molar-refractivity contribution in [2.45, 2.75) is 6.92 Å². The number of amides is 2. The molecule has 0 radical (unpaired) electrons. The zero-order valence-corrected chi connectivity index (χ0v) is 12.4. The van der Waals surface area contributed by atoms with Gasteiger partial charge >= 0.3 is 41.6 Å². The van der Waals surface area contributed by atoms with Gasteiger partial charge in [-0.2, -0.15) is 5.10 Å². The predicted molar refractivity (Wildman–Crippen MR) is 89.1 cm³/mol. The van der Waals surface area contributed by atoms with Crippen molar-refractivity contribution in [2.24, 2.45) is 5.10 Å². The maximum atomic E-state index is 13.0. The number of hydrogen-bond donors (Lipinski definition) is 3. The number of carbonyl (C=O) groups excluding carboxylic acids is 1. The number of nitrogens with zero attached hydrogens (tertiary/aromatic N) is 2. The number of aromatic nitrogens is 1. The molecule has 0 aliphatic rings. The standard InChI is InChI=1S/C15H12F2N4O3.Na.H/c1-8(13-12(14(22)23)3-2-4-18-13)20-21-15(24)19-11-6-9(16)5-10(17)7-11;;/h2-7H,1H3,(H,22,23)(H2,19,21,24);;. The van der Waals surface area contributed by atoms with Crippen LogP contribution < -0.4 is 10.7 Å². The van der Waals surface area contributed by atoms with Crippen LogP contribution in [-0.4, -0.2) is 57.4 Å². The Morgan fingerprint density at radius 2 is 1.84 bits per heavy atom. The number of carboxylic acids is 1. The van der Waals surface area contributed by atoms with Crippen molar-refractivity contribution in [2.75, 3.05) is 5.32 Å². The quantitative estimate of drug-likeness (QED) is 0.441. The number of carboxylic acid groups (broad SMARTS) is 1. The summed E-state index contributed by atoms with van der Waals surface area (Å²) in [6.07, 6.45) is 1.39. The van der Waals surface area contributed by atoms with E-state index < -0.39 is 23.6 Å². The van der Waals surface area contributed by atoms with E-state index in [2.05, 4.69) is 20.8 Å². The van der Waals surface area contributed by atoms with E-state index in [1.165, 1.54) is 25.3 Å². The first kappa shape index (κ1) is 20.7. The molecule has 25 heavy (non-hydrogen) atoms. The summed E-state index contributed by atoms with van der Waals surface area (Å²) in [6.45, 7) is 1.46. The molecule has 7 nitrogen and oxygen atoms in total. The molecule has 10 heteroatoms. The normalized spacial score (nSPS) is 10.6. The molecule has 0 unspecified atom stereocenters. The van der Waals surface area contributed by atoms with Crippen molar-refractivity contribution < 1.29 is 23.5 Å². The minimum absolute atomic E-state index is 0. The van der Waals surface area contributed by atoms with Crippen molar-refractivity contribution >= 4 is 53.0 Å². The predicted octanol–water partition coefficient (Wildman–Crippen LogP) is 1.96. The number of hydrogen-bond acceptors (Lipinski definition) is 4.